The summed E-state index contributed by atoms with van der Waals surface area (Å²) in [7, 11) is 3.46. The monoisotopic (exact) mass is 384 g/mol. The average molecular weight is 384 g/mol. The summed E-state index contributed by atoms with van der Waals surface area (Å²) >= 11 is 0. The molecule has 0 saturated carbocycles. The van der Waals surface area contributed by atoms with Gasteiger partial charge < -0.3 is 15.3 Å². The van der Waals surface area contributed by atoms with Gasteiger partial charge in [-0.3, -0.25) is 19.1 Å². The maximum atomic E-state index is 12.9. The molecule has 0 bridgehead atoms. The van der Waals surface area contributed by atoms with E-state index < -0.39 is 23.8 Å². The summed E-state index contributed by atoms with van der Waals surface area (Å²) in [6, 6.07) is 8.40. The number of hydrogen-bond donors (Lipinski definition) is 2. The molecule has 0 aliphatic carbocycles. The van der Waals surface area contributed by atoms with Gasteiger partial charge in [0.05, 0.1) is 24.1 Å². The predicted molar refractivity (Wildman–Crippen MR) is 101 cm³/mol. The van der Waals surface area contributed by atoms with Gasteiger partial charge in [0, 0.05) is 38.8 Å². The van der Waals surface area contributed by atoms with Crippen molar-refractivity contribution in [3.63, 3.8) is 0 Å². The Kier molecular flexibility index (Phi) is 5.77. The van der Waals surface area contributed by atoms with Gasteiger partial charge in [0.2, 0.25) is 11.8 Å². The maximum Gasteiger partial charge on any atom is 0.312 e. The number of likely N-dealkylation sites (tertiary alicyclic amines) is 1. The summed E-state index contributed by atoms with van der Waals surface area (Å²) in [6.45, 7) is -0.00784. The normalized spacial score (nSPS) is 20.6. The van der Waals surface area contributed by atoms with Crippen LogP contribution in [-0.2, 0) is 21.4 Å². The second-order valence-corrected chi connectivity index (χ2v) is 7.09. The summed E-state index contributed by atoms with van der Waals surface area (Å²) in [5.41, 5.74) is 1.42. The van der Waals surface area contributed by atoms with Crippen LogP contribution in [0.1, 0.15) is 35.9 Å². The summed E-state index contributed by atoms with van der Waals surface area (Å²) in [5, 5.41) is 16.5. The predicted octanol–water partition coefficient (Wildman–Crippen LogP) is 1.31. The second-order valence-electron chi connectivity index (χ2n) is 7.09. The minimum Gasteiger partial charge on any atom is -0.481 e. The Morgan fingerprint density at radius 2 is 2.00 bits per heavy atom. The summed E-state index contributed by atoms with van der Waals surface area (Å²) in [5.74, 6) is -2.56. The first-order valence-electron chi connectivity index (χ1n) is 9.18. The number of nitrogens with zero attached hydrogens (tertiary/aromatic N) is 3. The third kappa shape index (κ3) is 4.05. The highest BCUT2D eigenvalue weighted by atomic mass is 16.4. The molecule has 1 aromatic heterocycles. The molecule has 3 unspecified atom stereocenters. The van der Waals surface area contributed by atoms with Gasteiger partial charge in [-0.2, -0.15) is 5.10 Å². The third-order valence-corrected chi connectivity index (χ3v) is 5.24. The number of carboxylic acid groups (broad SMARTS) is 1. The first-order valence-corrected chi connectivity index (χ1v) is 9.18. The summed E-state index contributed by atoms with van der Waals surface area (Å²) in [4.78, 5) is 38.3. The number of aryl methyl sites for hydroxylation is 1. The van der Waals surface area contributed by atoms with Crippen LogP contribution in [0.5, 0.6) is 0 Å². The molecule has 2 aromatic rings. The molecule has 2 amide bonds. The Balaban J connectivity index is 1.76. The van der Waals surface area contributed by atoms with Crippen LogP contribution in [0.25, 0.3) is 0 Å². The quantitative estimate of drug-likeness (QED) is 0.781. The van der Waals surface area contributed by atoms with Gasteiger partial charge in [0.25, 0.3) is 0 Å². The number of hydrogen-bond acceptors (Lipinski definition) is 4. The largest absolute Gasteiger partial charge is 0.481 e. The molecule has 1 aromatic carbocycles. The van der Waals surface area contributed by atoms with Crippen LogP contribution in [0.2, 0.25) is 0 Å². The number of carbonyl (C=O) groups excluding carboxylic acids is 2. The molecule has 28 heavy (non-hydrogen) atoms. The highest BCUT2D eigenvalue weighted by molar-refractivity contribution is 5.85. The number of aromatic nitrogens is 2. The summed E-state index contributed by atoms with van der Waals surface area (Å²) < 4.78 is 1.63. The van der Waals surface area contributed by atoms with Crippen molar-refractivity contribution in [2.24, 2.45) is 13.0 Å². The van der Waals surface area contributed by atoms with E-state index in [4.69, 9.17) is 0 Å². The molecule has 3 atom stereocenters. The molecule has 1 aliphatic rings. The van der Waals surface area contributed by atoms with Gasteiger partial charge in [-0.25, -0.2) is 0 Å². The standard InChI is InChI=1S/C20H24N4O4/c1-23-12-14(10-22-23)18-15(8-9-17(25)24(18)2)19(26)21-11-16(20(27)28)13-6-4-3-5-7-13/h3-7,10,12,15-16,18H,8-9,11H2,1-2H3,(H,21,26)(H,27,28). The molecule has 0 radical (unpaired) electrons. The number of carbonyl (C=O) groups is 3. The molecule has 2 heterocycles. The van der Waals surface area contributed by atoms with Crippen molar-refractivity contribution in [3.8, 4) is 0 Å². The molecule has 8 heteroatoms. The van der Waals surface area contributed by atoms with Crippen LogP contribution in [0.4, 0.5) is 0 Å². The Morgan fingerprint density at radius 1 is 1.29 bits per heavy atom. The van der Waals surface area contributed by atoms with E-state index in [1.165, 1.54) is 0 Å². The molecular formula is C20H24N4O4. The van der Waals surface area contributed by atoms with E-state index >= 15 is 0 Å². The van der Waals surface area contributed by atoms with E-state index in [0.717, 1.165) is 5.56 Å². The molecule has 0 spiro atoms. The molecule has 1 aliphatic heterocycles. The van der Waals surface area contributed by atoms with Gasteiger partial charge >= 0.3 is 5.97 Å². The van der Waals surface area contributed by atoms with Crippen molar-refractivity contribution in [1.29, 1.82) is 0 Å². The number of nitrogens with one attached hydrogen (secondary N) is 1. The molecule has 8 nitrogen and oxygen atoms in total. The number of carboxylic acids is 1. The van der Waals surface area contributed by atoms with Gasteiger partial charge in [-0.05, 0) is 12.0 Å². The zero-order valence-corrected chi connectivity index (χ0v) is 15.9. The lowest BCUT2D eigenvalue weighted by Crippen LogP contribution is -2.47. The lowest BCUT2D eigenvalue weighted by molar-refractivity contribution is -0.141. The Bertz CT molecular complexity index is 864. The first-order chi connectivity index (χ1) is 13.4. The smallest absolute Gasteiger partial charge is 0.312 e. The maximum absolute atomic E-state index is 12.9. The first kappa shape index (κ1) is 19.6. The van der Waals surface area contributed by atoms with Crippen LogP contribution in [0.15, 0.2) is 42.7 Å². The van der Waals surface area contributed by atoms with Gasteiger partial charge in [-0.1, -0.05) is 30.3 Å². The number of rotatable bonds is 6. The average Bonchev–Trinajstić information content (AvgIpc) is 3.10. The lowest BCUT2D eigenvalue weighted by atomic mass is 9.85. The summed E-state index contributed by atoms with van der Waals surface area (Å²) in [6.07, 6.45) is 4.15. The fraction of sp³-hybridized carbons (Fsp3) is 0.400. The van der Waals surface area contributed by atoms with Crippen LogP contribution in [0, 0.1) is 5.92 Å². The Labute approximate surface area is 163 Å². The van der Waals surface area contributed by atoms with Crippen LogP contribution in [-0.4, -0.2) is 51.2 Å². The van der Waals surface area contributed by atoms with Crippen LogP contribution >= 0.6 is 0 Å². The fourth-order valence-electron chi connectivity index (χ4n) is 3.73. The van der Waals surface area contributed by atoms with E-state index in [9.17, 15) is 19.5 Å². The number of amides is 2. The second kappa shape index (κ2) is 8.24. The Morgan fingerprint density at radius 3 is 2.61 bits per heavy atom. The van der Waals surface area contributed by atoms with E-state index in [1.54, 1.807) is 60.3 Å². The molecule has 3 rings (SSSR count). The zero-order chi connectivity index (χ0) is 20.3. The molecule has 1 saturated heterocycles. The number of aliphatic carboxylic acids is 1. The van der Waals surface area contributed by atoms with Gasteiger partial charge in [0.1, 0.15) is 0 Å². The SMILES string of the molecule is CN1C(=O)CCC(C(=O)NCC(C(=O)O)c2ccccc2)C1c1cnn(C)c1. The van der Waals surface area contributed by atoms with Gasteiger partial charge in [0.15, 0.2) is 0 Å². The zero-order valence-electron chi connectivity index (χ0n) is 15.9. The topological polar surface area (TPSA) is 105 Å². The molecule has 1 fully saturated rings. The van der Waals surface area contributed by atoms with E-state index in [-0.39, 0.29) is 24.8 Å². The van der Waals surface area contributed by atoms with E-state index in [2.05, 4.69) is 10.4 Å². The van der Waals surface area contributed by atoms with Crippen LogP contribution in [0.3, 0.4) is 0 Å². The minimum atomic E-state index is -0.994. The minimum absolute atomic E-state index is 0.00784. The third-order valence-electron chi connectivity index (χ3n) is 5.24. The van der Waals surface area contributed by atoms with Crippen LogP contribution < -0.4 is 5.32 Å². The highest BCUT2D eigenvalue weighted by Gasteiger charge is 2.39. The Hall–Kier alpha value is -3.16. The van der Waals surface area contributed by atoms with Crippen molar-refractivity contribution in [2.45, 2.75) is 24.8 Å². The van der Waals surface area contributed by atoms with Crippen molar-refractivity contribution in [3.05, 3.63) is 53.9 Å². The fourth-order valence-corrected chi connectivity index (χ4v) is 3.73. The molecule has 148 valence electrons. The van der Waals surface area contributed by atoms with Gasteiger partial charge in [-0.15, -0.1) is 0 Å². The van der Waals surface area contributed by atoms with Crippen molar-refractivity contribution in [1.82, 2.24) is 20.0 Å². The molecule has 2 N–H and O–H groups in total. The number of benzene rings is 1. The van der Waals surface area contributed by atoms with Crippen molar-refractivity contribution in [2.75, 3.05) is 13.6 Å². The van der Waals surface area contributed by atoms with E-state index in [0.29, 0.717) is 12.0 Å². The lowest BCUT2D eigenvalue weighted by Gasteiger charge is -2.37. The van der Waals surface area contributed by atoms with Crippen molar-refractivity contribution < 1.29 is 19.5 Å². The van der Waals surface area contributed by atoms with E-state index in [1.807, 2.05) is 6.07 Å². The molecular weight excluding hydrogens is 360 g/mol. The number of piperidine rings is 1. The van der Waals surface area contributed by atoms with Crippen molar-refractivity contribution >= 4 is 17.8 Å². The highest BCUT2D eigenvalue weighted by Crippen LogP contribution is 2.35.